The first-order valence-electron chi connectivity index (χ1n) is 5.35. The number of hydrogen-bond acceptors (Lipinski definition) is 2. The second-order valence-electron chi connectivity index (χ2n) is 3.81. The Balaban J connectivity index is 2.51. The van der Waals surface area contributed by atoms with Gasteiger partial charge in [0.15, 0.2) is 0 Å². The summed E-state index contributed by atoms with van der Waals surface area (Å²) in [6, 6.07) is -0.133. The third-order valence-corrected chi connectivity index (χ3v) is 2.63. The van der Waals surface area contributed by atoms with Crippen LogP contribution < -0.4 is 10.6 Å². The molecule has 0 aromatic carbocycles. The van der Waals surface area contributed by atoms with Gasteiger partial charge < -0.3 is 10.6 Å². The van der Waals surface area contributed by atoms with Crippen molar-refractivity contribution < 1.29 is 4.79 Å². The lowest BCUT2D eigenvalue weighted by molar-refractivity contribution is -0.117. The molecule has 2 N–H and O–H groups in total. The van der Waals surface area contributed by atoms with Crippen molar-refractivity contribution in [3.63, 3.8) is 0 Å². The summed E-state index contributed by atoms with van der Waals surface area (Å²) in [5, 5.41) is 5.97. The lowest BCUT2D eigenvalue weighted by Gasteiger charge is -2.22. The average Bonchev–Trinajstić information content (AvgIpc) is 2.14. The number of amides is 1. The Hall–Kier alpha value is -1.27. The lowest BCUT2D eigenvalue weighted by atomic mass is 10.0. The van der Waals surface area contributed by atoms with E-state index < -0.39 is 0 Å². The van der Waals surface area contributed by atoms with E-state index in [1.165, 1.54) is 5.57 Å². The maximum absolute atomic E-state index is 11.7. The summed E-state index contributed by atoms with van der Waals surface area (Å²) in [4.78, 5) is 11.7. The molecule has 1 saturated heterocycles. The molecule has 1 fully saturated rings. The topological polar surface area (TPSA) is 41.1 Å². The maximum Gasteiger partial charge on any atom is 0.247 e. The molecule has 1 aliphatic heterocycles. The smallest absolute Gasteiger partial charge is 0.247 e. The van der Waals surface area contributed by atoms with Gasteiger partial charge >= 0.3 is 0 Å². The summed E-state index contributed by atoms with van der Waals surface area (Å²) < 4.78 is 0. The van der Waals surface area contributed by atoms with Crippen LogP contribution in [-0.4, -0.2) is 25.0 Å². The van der Waals surface area contributed by atoms with Crippen molar-refractivity contribution in [1.29, 1.82) is 0 Å². The number of terminal acetylenes is 1. The first-order valence-corrected chi connectivity index (χ1v) is 5.35. The summed E-state index contributed by atoms with van der Waals surface area (Å²) in [5.74, 6) is 2.57. The number of nitrogens with one attached hydrogen (secondary N) is 2. The van der Waals surface area contributed by atoms with Crippen molar-refractivity contribution in [1.82, 2.24) is 10.6 Å². The minimum absolute atomic E-state index is 0.0251. The molecule has 0 radical (unpaired) electrons. The number of carbonyl (C=O) groups excluding carboxylic acids is 1. The van der Waals surface area contributed by atoms with Crippen LogP contribution >= 0.6 is 0 Å². The van der Waals surface area contributed by atoms with E-state index >= 15 is 0 Å². The van der Waals surface area contributed by atoms with Crippen LogP contribution in [0.3, 0.4) is 0 Å². The molecule has 1 atom stereocenters. The van der Waals surface area contributed by atoms with Gasteiger partial charge in [-0.2, -0.15) is 0 Å². The van der Waals surface area contributed by atoms with Crippen molar-refractivity contribution in [2.24, 2.45) is 0 Å². The van der Waals surface area contributed by atoms with Crippen LogP contribution in [0.2, 0.25) is 0 Å². The van der Waals surface area contributed by atoms with Crippen LogP contribution in [-0.2, 0) is 4.79 Å². The minimum Gasteiger partial charge on any atom is -0.339 e. The highest BCUT2D eigenvalue weighted by atomic mass is 16.1. The number of carbonyl (C=O) groups is 1. The molecule has 1 aliphatic rings. The zero-order chi connectivity index (χ0) is 11.3. The molecule has 0 aromatic rings. The molecule has 3 nitrogen and oxygen atoms in total. The van der Waals surface area contributed by atoms with Crippen molar-refractivity contribution in [2.45, 2.75) is 32.7 Å². The highest BCUT2D eigenvalue weighted by Crippen LogP contribution is 2.09. The standard InChI is InChI=1S/C12H18N2O/c1-4-6-11(5-2)14-12(15)9(3)10-7-13-8-10/h2,11,13H,4,6-8H2,1,3H3,(H,14,15). The maximum atomic E-state index is 11.7. The van der Waals surface area contributed by atoms with E-state index in [9.17, 15) is 4.79 Å². The van der Waals surface area contributed by atoms with Gasteiger partial charge in [0.2, 0.25) is 5.91 Å². The molecule has 3 heteroatoms. The molecule has 0 aliphatic carbocycles. The first kappa shape index (κ1) is 11.8. The number of hydrogen-bond donors (Lipinski definition) is 2. The molecule has 1 rings (SSSR count). The Labute approximate surface area is 91.3 Å². The van der Waals surface area contributed by atoms with Gasteiger partial charge in [0.05, 0.1) is 6.04 Å². The fourth-order valence-corrected chi connectivity index (χ4v) is 1.43. The predicted octanol–water partition coefficient (Wildman–Crippen LogP) is 0.824. The molecular weight excluding hydrogens is 188 g/mol. The van der Waals surface area contributed by atoms with Gasteiger partial charge in [-0.25, -0.2) is 0 Å². The molecule has 0 saturated carbocycles. The lowest BCUT2D eigenvalue weighted by Crippen LogP contribution is -2.40. The van der Waals surface area contributed by atoms with Gasteiger partial charge in [-0.3, -0.25) is 4.79 Å². The molecule has 0 bridgehead atoms. The summed E-state index contributed by atoms with van der Waals surface area (Å²) in [5.41, 5.74) is 1.99. The van der Waals surface area contributed by atoms with E-state index in [0.29, 0.717) is 0 Å². The fraction of sp³-hybridized carbons (Fsp3) is 0.583. The van der Waals surface area contributed by atoms with Crippen molar-refractivity contribution in [2.75, 3.05) is 13.1 Å². The van der Waals surface area contributed by atoms with Crippen LogP contribution in [0.15, 0.2) is 11.1 Å². The Morgan fingerprint density at radius 2 is 2.33 bits per heavy atom. The average molecular weight is 206 g/mol. The van der Waals surface area contributed by atoms with E-state index in [4.69, 9.17) is 6.42 Å². The molecular formula is C12H18N2O. The van der Waals surface area contributed by atoms with E-state index in [1.807, 2.05) is 6.92 Å². The first-order chi connectivity index (χ1) is 7.19. The largest absolute Gasteiger partial charge is 0.339 e. The predicted molar refractivity (Wildman–Crippen MR) is 61.2 cm³/mol. The summed E-state index contributed by atoms with van der Waals surface area (Å²) in [6.07, 6.45) is 7.15. The number of rotatable bonds is 4. The van der Waals surface area contributed by atoms with Crippen LogP contribution in [0.4, 0.5) is 0 Å². The SMILES string of the molecule is C#CC(CCC)NC(=O)C(C)=C1CNC1. The summed E-state index contributed by atoms with van der Waals surface area (Å²) in [7, 11) is 0. The highest BCUT2D eigenvalue weighted by molar-refractivity contribution is 5.94. The Kier molecular flexibility index (Phi) is 4.38. The van der Waals surface area contributed by atoms with Gasteiger partial charge in [0.1, 0.15) is 0 Å². The van der Waals surface area contributed by atoms with Gasteiger partial charge in [-0.05, 0) is 18.9 Å². The monoisotopic (exact) mass is 206 g/mol. The van der Waals surface area contributed by atoms with Gasteiger partial charge in [0.25, 0.3) is 0 Å². The molecule has 1 heterocycles. The third kappa shape index (κ3) is 3.10. The Morgan fingerprint density at radius 3 is 2.73 bits per heavy atom. The van der Waals surface area contributed by atoms with Crippen molar-refractivity contribution in [3.8, 4) is 12.3 Å². The summed E-state index contributed by atoms with van der Waals surface area (Å²) >= 11 is 0. The molecule has 1 amide bonds. The fourth-order valence-electron chi connectivity index (χ4n) is 1.43. The Morgan fingerprint density at radius 1 is 1.67 bits per heavy atom. The van der Waals surface area contributed by atoms with Crippen molar-refractivity contribution in [3.05, 3.63) is 11.1 Å². The Bertz CT molecular complexity index is 306. The van der Waals surface area contributed by atoms with Crippen LogP contribution in [0.5, 0.6) is 0 Å². The van der Waals surface area contributed by atoms with Crippen molar-refractivity contribution >= 4 is 5.91 Å². The second-order valence-corrected chi connectivity index (χ2v) is 3.81. The van der Waals surface area contributed by atoms with Gasteiger partial charge in [-0.15, -0.1) is 6.42 Å². The van der Waals surface area contributed by atoms with E-state index in [0.717, 1.165) is 31.5 Å². The van der Waals surface area contributed by atoms with Crippen LogP contribution in [0, 0.1) is 12.3 Å². The van der Waals surface area contributed by atoms with Crippen LogP contribution in [0.1, 0.15) is 26.7 Å². The zero-order valence-corrected chi connectivity index (χ0v) is 9.39. The van der Waals surface area contributed by atoms with Crippen LogP contribution in [0.25, 0.3) is 0 Å². The van der Waals surface area contributed by atoms with Gasteiger partial charge in [0, 0.05) is 18.7 Å². The molecule has 82 valence electrons. The van der Waals surface area contributed by atoms with E-state index in [-0.39, 0.29) is 11.9 Å². The minimum atomic E-state index is -0.133. The third-order valence-electron chi connectivity index (χ3n) is 2.63. The quantitative estimate of drug-likeness (QED) is 0.528. The zero-order valence-electron chi connectivity index (χ0n) is 9.39. The van der Waals surface area contributed by atoms with Gasteiger partial charge in [-0.1, -0.05) is 19.3 Å². The molecule has 15 heavy (non-hydrogen) atoms. The normalized spacial score (nSPS) is 16.2. The molecule has 0 aromatic heterocycles. The van der Waals surface area contributed by atoms with E-state index in [2.05, 4.69) is 23.5 Å². The van der Waals surface area contributed by atoms with E-state index in [1.54, 1.807) is 0 Å². The second kappa shape index (κ2) is 5.57. The summed E-state index contributed by atoms with van der Waals surface area (Å²) in [6.45, 7) is 5.56. The highest BCUT2D eigenvalue weighted by Gasteiger charge is 2.17. The molecule has 1 unspecified atom stereocenters. The molecule has 0 spiro atoms.